The summed E-state index contributed by atoms with van der Waals surface area (Å²) < 4.78 is 0. The van der Waals surface area contributed by atoms with Crippen LogP contribution in [0.1, 0.15) is 43.9 Å². The summed E-state index contributed by atoms with van der Waals surface area (Å²) in [4.78, 5) is 23.5. The van der Waals surface area contributed by atoms with Gasteiger partial charge in [0, 0.05) is 6.54 Å². The molecule has 1 aromatic rings. The molecule has 0 aliphatic heterocycles. The molecule has 0 saturated heterocycles. The van der Waals surface area contributed by atoms with Crippen LogP contribution >= 0.6 is 0 Å². The van der Waals surface area contributed by atoms with Gasteiger partial charge in [0.2, 0.25) is 5.91 Å². The third-order valence-corrected chi connectivity index (χ3v) is 4.13. The second kappa shape index (κ2) is 7.22. The fraction of sp³-hybridized carbons (Fsp3) is 0.500. The van der Waals surface area contributed by atoms with Crippen molar-refractivity contribution in [2.45, 2.75) is 39.7 Å². The summed E-state index contributed by atoms with van der Waals surface area (Å²) in [7, 11) is 0. The Labute approximate surface area is 125 Å². The van der Waals surface area contributed by atoms with Crippen LogP contribution in [-0.4, -0.2) is 23.5 Å². The molecule has 0 aliphatic carbocycles. The van der Waals surface area contributed by atoms with Crippen molar-refractivity contribution in [1.82, 2.24) is 5.32 Å². The lowest BCUT2D eigenvalue weighted by Crippen LogP contribution is -2.45. The predicted molar refractivity (Wildman–Crippen MR) is 81.8 cm³/mol. The first-order valence-corrected chi connectivity index (χ1v) is 7.19. The highest BCUT2D eigenvalue weighted by Gasteiger charge is 2.35. The molecule has 4 N–H and O–H groups in total. The number of carboxylic acids is 1. The molecule has 1 rings (SSSR count). The number of nitrogens with two attached hydrogens (primary N) is 1. The van der Waals surface area contributed by atoms with Crippen LogP contribution in [0.2, 0.25) is 0 Å². The first-order chi connectivity index (χ1) is 9.86. The topological polar surface area (TPSA) is 92.4 Å². The van der Waals surface area contributed by atoms with Gasteiger partial charge in [-0.15, -0.1) is 0 Å². The van der Waals surface area contributed by atoms with Gasteiger partial charge in [0.05, 0.1) is 5.41 Å². The number of amides is 1. The highest BCUT2D eigenvalue weighted by Crippen LogP contribution is 2.26. The lowest BCUT2D eigenvalue weighted by Gasteiger charge is -2.27. The van der Waals surface area contributed by atoms with Crippen molar-refractivity contribution in [3.05, 3.63) is 35.4 Å². The Morgan fingerprint density at radius 3 is 2.19 bits per heavy atom. The number of carbonyl (C=O) groups is 2. The van der Waals surface area contributed by atoms with Crippen LogP contribution in [0.5, 0.6) is 0 Å². The van der Waals surface area contributed by atoms with Gasteiger partial charge in [-0.3, -0.25) is 9.59 Å². The van der Waals surface area contributed by atoms with E-state index in [0.717, 1.165) is 5.56 Å². The van der Waals surface area contributed by atoms with Crippen LogP contribution in [0.15, 0.2) is 24.3 Å². The summed E-state index contributed by atoms with van der Waals surface area (Å²) in [6.07, 6.45) is 0.914. The maximum Gasteiger partial charge on any atom is 0.311 e. The van der Waals surface area contributed by atoms with Crippen molar-refractivity contribution >= 4 is 11.9 Å². The van der Waals surface area contributed by atoms with Crippen LogP contribution in [0.4, 0.5) is 0 Å². The Morgan fingerprint density at radius 2 is 1.76 bits per heavy atom. The van der Waals surface area contributed by atoms with E-state index in [1.807, 2.05) is 45.0 Å². The maximum atomic E-state index is 12.1. The molecule has 21 heavy (non-hydrogen) atoms. The van der Waals surface area contributed by atoms with Gasteiger partial charge in [-0.05, 0) is 25.3 Å². The molecular weight excluding hydrogens is 268 g/mol. The molecule has 1 unspecified atom stereocenters. The van der Waals surface area contributed by atoms with Crippen molar-refractivity contribution in [1.29, 1.82) is 0 Å². The molecule has 0 aliphatic rings. The molecule has 0 heterocycles. The first kappa shape index (κ1) is 17.2. The molecular formula is C16H24N2O3. The van der Waals surface area contributed by atoms with E-state index in [1.165, 1.54) is 0 Å². The molecule has 0 bridgehead atoms. The van der Waals surface area contributed by atoms with Gasteiger partial charge in [-0.2, -0.15) is 0 Å². The molecule has 0 fully saturated rings. The van der Waals surface area contributed by atoms with Gasteiger partial charge in [-0.1, -0.05) is 43.7 Å². The zero-order valence-electron chi connectivity index (χ0n) is 12.8. The number of rotatable bonds is 7. The van der Waals surface area contributed by atoms with Crippen molar-refractivity contribution in [3.63, 3.8) is 0 Å². The van der Waals surface area contributed by atoms with E-state index in [4.69, 9.17) is 5.73 Å². The lowest BCUT2D eigenvalue weighted by atomic mass is 9.82. The van der Waals surface area contributed by atoms with Crippen LogP contribution in [0, 0.1) is 12.3 Å². The summed E-state index contributed by atoms with van der Waals surface area (Å²) in [6.45, 7) is 5.67. The molecule has 116 valence electrons. The molecule has 0 radical (unpaired) electrons. The van der Waals surface area contributed by atoms with Crippen molar-refractivity contribution in [3.8, 4) is 0 Å². The zero-order chi connectivity index (χ0) is 16.0. The normalized spacial score (nSPS) is 12.8. The van der Waals surface area contributed by atoms with E-state index in [2.05, 4.69) is 5.32 Å². The second-order valence-corrected chi connectivity index (χ2v) is 5.40. The number of aryl methyl sites for hydroxylation is 1. The quantitative estimate of drug-likeness (QED) is 0.716. The number of carboxylic acid groups (broad SMARTS) is 1. The Kier molecular flexibility index (Phi) is 5.90. The number of benzene rings is 1. The molecule has 0 saturated carbocycles. The third-order valence-electron chi connectivity index (χ3n) is 4.13. The van der Waals surface area contributed by atoms with E-state index in [0.29, 0.717) is 18.4 Å². The standard InChI is InChI=1S/C16H24N2O3/c1-4-16(5-2,15(20)21)10-18-14(19)13(17)12-8-6-11(3)7-9-12/h6-9,13H,4-5,10,17H2,1-3H3,(H,18,19)(H,20,21). The van der Waals surface area contributed by atoms with Crippen LogP contribution in [-0.2, 0) is 9.59 Å². The van der Waals surface area contributed by atoms with E-state index in [9.17, 15) is 14.7 Å². The zero-order valence-corrected chi connectivity index (χ0v) is 12.8. The third kappa shape index (κ3) is 4.04. The molecule has 5 nitrogen and oxygen atoms in total. The summed E-state index contributed by atoms with van der Waals surface area (Å²) in [6, 6.07) is 6.61. The van der Waals surface area contributed by atoms with Gasteiger partial charge >= 0.3 is 5.97 Å². The molecule has 1 aromatic carbocycles. The molecule has 1 amide bonds. The number of nitrogens with one attached hydrogen (secondary N) is 1. The Bertz CT molecular complexity index is 493. The Balaban J connectivity index is 2.72. The van der Waals surface area contributed by atoms with Gasteiger partial charge in [0.15, 0.2) is 0 Å². The summed E-state index contributed by atoms with van der Waals surface area (Å²) >= 11 is 0. The number of hydrogen-bond donors (Lipinski definition) is 3. The van der Waals surface area contributed by atoms with E-state index in [-0.39, 0.29) is 12.5 Å². The lowest BCUT2D eigenvalue weighted by molar-refractivity contribution is -0.149. The number of aliphatic carboxylic acids is 1. The number of carbonyl (C=O) groups excluding carboxylic acids is 1. The van der Waals surface area contributed by atoms with Crippen molar-refractivity contribution < 1.29 is 14.7 Å². The molecule has 1 atom stereocenters. The van der Waals surface area contributed by atoms with E-state index in [1.54, 1.807) is 0 Å². The van der Waals surface area contributed by atoms with Crippen LogP contribution in [0.3, 0.4) is 0 Å². The predicted octanol–water partition coefficient (Wildman–Crippen LogP) is 2.00. The van der Waals surface area contributed by atoms with Gasteiger partial charge in [0.25, 0.3) is 0 Å². The van der Waals surface area contributed by atoms with Crippen molar-refractivity contribution in [2.24, 2.45) is 11.1 Å². The number of hydrogen-bond acceptors (Lipinski definition) is 3. The summed E-state index contributed by atoms with van der Waals surface area (Å²) in [5.41, 5.74) is 6.80. The largest absolute Gasteiger partial charge is 0.481 e. The average molecular weight is 292 g/mol. The van der Waals surface area contributed by atoms with E-state index < -0.39 is 17.4 Å². The Hall–Kier alpha value is -1.88. The fourth-order valence-corrected chi connectivity index (χ4v) is 2.17. The smallest absolute Gasteiger partial charge is 0.311 e. The Morgan fingerprint density at radius 1 is 1.24 bits per heavy atom. The monoisotopic (exact) mass is 292 g/mol. The average Bonchev–Trinajstić information content (AvgIpc) is 2.48. The minimum absolute atomic E-state index is 0.0910. The van der Waals surface area contributed by atoms with Gasteiger partial charge in [0.1, 0.15) is 6.04 Å². The van der Waals surface area contributed by atoms with Crippen molar-refractivity contribution in [2.75, 3.05) is 6.54 Å². The minimum Gasteiger partial charge on any atom is -0.481 e. The SMILES string of the molecule is CCC(CC)(CNC(=O)C(N)c1ccc(C)cc1)C(=O)O. The fourth-order valence-electron chi connectivity index (χ4n) is 2.17. The van der Waals surface area contributed by atoms with Crippen LogP contribution in [0.25, 0.3) is 0 Å². The highest BCUT2D eigenvalue weighted by molar-refractivity contribution is 5.84. The first-order valence-electron chi connectivity index (χ1n) is 7.19. The van der Waals surface area contributed by atoms with Gasteiger partial charge in [-0.25, -0.2) is 0 Å². The molecule has 0 aromatic heterocycles. The van der Waals surface area contributed by atoms with E-state index >= 15 is 0 Å². The van der Waals surface area contributed by atoms with Crippen LogP contribution < -0.4 is 11.1 Å². The maximum absolute atomic E-state index is 12.1. The summed E-state index contributed by atoms with van der Waals surface area (Å²) in [5, 5.41) is 12.0. The summed E-state index contributed by atoms with van der Waals surface area (Å²) in [5.74, 6) is -1.25. The second-order valence-electron chi connectivity index (χ2n) is 5.40. The molecule has 0 spiro atoms. The van der Waals surface area contributed by atoms with Gasteiger partial charge < -0.3 is 16.2 Å². The minimum atomic E-state index is -0.928. The highest BCUT2D eigenvalue weighted by atomic mass is 16.4. The molecule has 5 heteroatoms.